The van der Waals surface area contributed by atoms with Gasteiger partial charge in [0, 0.05) is 11.6 Å². The zero-order valence-electron chi connectivity index (χ0n) is 4.69. The Kier molecular flexibility index (Phi) is 1.51. The standard InChI is InChI=1S/C8H4F/c1-2-7-4-3-5-8(9)6-7/h1,3-4,6H. The van der Waals surface area contributed by atoms with Crippen molar-refractivity contribution in [2.75, 3.05) is 0 Å². The number of hydrogen-bond acceptors (Lipinski definition) is 0. The molecule has 9 heavy (non-hydrogen) atoms. The number of terminal acetylenes is 1. The SMILES string of the molecule is C#Cc1cc[c]c(F)c1. The van der Waals surface area contributed by atoms with Crippen LogP contribution >= 0.6 is 0 Å². The molecule has 0 aliphatic rings. The van der Waals surface area contributed by atoms with E-state index in [1.807, 2.05) is 0 Å². The van der Waals surface area contributed by atoms with E-state index in [9.17, 15) is 4.39 Å². The molecule has 0 bridgehead atoms. The van der Waals surface area contributed by atoms with Crippen LogP contribution in [0.4, 0.5) is 4.39 Å². The first-order valence-electron chi connectivity index (χ1n) is 2.47. The third-order valence-corrected chi connectivity index (χ3v) is 0.933. The molecule has 1 aromatic rings. The summed E-state index contributed by atoms with van der Waals surface area (Å²) in [6, 6.07) is 6.70. The van der Waals surface area contributed by atoms with Gasteiger partial charge in [-0.2, -0.15) is 0 Å². The molecule has 0 aliphatic carbocycles. The summed E-state index contributed by atoms with van der Waals surface area (Å²) in [5, 5.41) is 0. The highest BCUT2D eigenvalue weighted by atomic mass is 19.1. The predicted octanol–water partition coefficient (Wildman–Crippen LogP) is 1.61. The molecule has 43 valence electrons. The van der Waals surface area contributed by atoms with Crippen LogP contribution in [0, 0.1) is 24.2 Å². The Balaban J connectivity index is 3.12. The summed E-state index contributed by atoms with van der Waals surface area (Å²) < 4.78 is 12.2. The zero-order chi connectivity index (χ0) is 6.69. The van der Waals surface area contributed by atoms with Crippen LogP contribution in [0.3, 0.4) is 0 Å². The summed E-state index contributed by atoms with van der Waals surface area (Å²) in [4.78, 5) is 0. The Morgan fingerprint density at radius 2 is 2.44 bits per heavy atom. The van der Waals surface area contributed by atoms with Crippen LogP contribution in [0.25, 0.3) is 0 Å². The second-order valence-electron chi connectivity index (χ2n) is 1.57. The Labute approximate surface area is 53.3 Å². The van der Waals surface area contributed by atoms with E-state index in [4.69, 9.17) is 6.42 Å². The van der Waals surface area contributed by atoms with Crippen LogP contribution in [-0.4, -0.2) is 0 Å². The molecule has 1 radical (unpaired) electrons. The topological polar surface area (TPSA) is 0 Å². The lowest BCUT2D eigenvalue weighted by atomic mass is 10.2. The first-order chi connectivity index (χ1) is 4.33. The largest absolute Gasteiger partial charge is 0.206 e. The molecule has 1 rings (SSSR count). The fraction of sp³-hybridized carbons (Fsp3) is 0. The molecule has 0 saturated carbocycles. The normalized spacial score (nSPS) is 8.44. The molecule has 0 nitrogen and oxygen atoms in total. The Bertz CT molecular complexity index is 245. The van der Waals surface area contributed by atoms with E-state index in [0.717, 1.165) is 0 Å². The molecule has 1 aromatic carbocycles. The minimum absolute atomic E-state index is 0.412. The molecule has 0 aromatic heterocycles. The summed E-state index contributed by atoms with van der Waals surface area (Å²) in [7, 11) is 0. The zero-order valence-corrected chi connectivity index (χ0v) is 4.69. The fourth-order valence-electron chi connectivity index (χ4n) is 0.527. The van der Waals surface area contributed by atoms with Crippen molar-refractivity contribution in [1.29, 1.82) is 0 Å². The van der Waals surface area contributed by atoms with E-state index in [2.05, 4.69) is 12.0 Å². The molecule has 0 spiro atoms. The fourth-order valence-corrected chi connectivity index (χ4v) is 0.527. The minimum atomic E-state index is -0.412. The molecule has 0 fully saturated rings. The van der Waals surface area contributed by atoms with E-state index >= 15 is 0 Å². The van der Waals surface area contributed by atoms with Gasteiger partial charge < -0.3 is 0 Å². The maximum absolute atomic E-state index is 12.2. The van der Waals surface area contributed by atoms with Gasteiger partial charge in [0.25, 0.3) is 0 Å². The van der Waals surface area contributed by atoms with Gasteiger partial charge in [0.15, 0.2) is 0 Å². The van der Waals surface area contributed by atoms with Gasteiger partial charge in [-0.05, 0) is 12.1 Å². The Morgan fingerprint density at radius 1 is 1.67 bits per heavy atom. The van der Waals surface area contributed by atoms with Gasteiger partial charge in [-0.25, -0.2) is 4.39 Å². The summed E-state index contributed by atoms with van der Waals surface area (Å²) in [6.07, 6.45) is 4.99. The van der Waals surface area contributed by atoms with Crippen molar-refractivity contribution in [2.45, 2.75) is 0 Å². The van der Waals surface area contributed by atoms with Gasteiger partial charge >= 0.3 is 0 Å². The average Bonchev–Trinajstić information content (AvgIpc) is 1.88. The van der Waals surface area contributed by atoms with Gasteiger partial charge in [0.2, 0.25) is 0 Å². The predicted molar refractivity (Wildman–Crippen MR) is 33.2 cm³/mol. The molecule has 0 unspecified atom stereocenters. The highest BCUT2D eigenvalue weighted by molar-refractivity contribution is 5.31. The van der Waals surface area contributed by atoms with Gasteiger partial charge in [-0.3, -0.25) is 0 Å². The van der Waals surface area contributed by atoms with Crippen LogP contribution in [0.2, 0.25) is 0 Å². The van der Waals surface area contributed by atoms with Gasteiger partial charge in [-0.1, -0.05) is 12.0 Å². The van der Waals surface area contributed by atoms with Crippen molar-refractivity contribution in [2.24, 2.45) is 0 Å². The molecular weight excluding hydrogens is 115 g/mol. The van der Waals surface area contributed by atoms with E-state index in [1.54, 1.807) is 6.07 Å². The lowest BCUT2D eigenvalue weighted by Gasteiger charge is -1.86. The maximum Gasteiger partial charge on any atom is 0.132 e. The van der Waals surface area contributed by atoms with Crippen LogP contribution in [0.5, 0.6) is 0 Å². The molecule has 0 amide bonds. The van der Waals surface area contributed by atoms with Gasteiger partial charge in [0.1, 0.15) is 5.82 Å². The lowest BCUT2D eigenvalue weighted by molar-refractivity contribution is 0.625. The molecule has 0 aliphatic heterocycles. The van der Waals surface area contributed by atoms with Crippen molar-refractivity contribution in [3.63, 3.8) is 0 Å². The summed E-state index contributed by atoms with van der Waals surface area (Å²) >= 11 is 0. The second-order valence-corrected chi connectivity index (χ2v) is 1.57. The van der Waals surface area contributed by atoms with Crippen molar-refractivity contribution in [3.8, 4) is 12.3 Å². The third kappa shape index (κ3) is 1.30. The average molecular weight is 119 g/mol. The van der Waals surface area contributed by atoms with Crippen molar-refractivity contribution in [1.82, 2.24) is 0 Å². The number of rotatable bonds is 0. The molecule has 0 atom stereocenters. The lowest BCUT2D eigenvalue weighted by Crippen LogP contribution is -1.75. The molecule has 1 heteroatoms. The van der Waals surface area contributed by atoms with E-state index in [0.29, 0.717) is 5.56 Å². The smallest absolute Gasteiger partial charge is 0.132 e. The first kappa shape index (κ1) is 5.84. The Morgan fingerprint density at radius 3 is 2.89 bits per heavy atom. The first-order valence-corrected chi connectivity index (χ1v) is 2.47. The van der Waals surface area contributed by atoms with E-state index in [1.165, 1.54) is 12.1 Å². The van der Waals surface area contributed by atoms with Crippen LogP contribution < -0.4 is 0 Å². The second kappa shape index (κ2) is 2.32. The van der Waals surface area contributed by atoms with Crippen LogP contribution in [0.1, 0.15) is 5.56 Å². The molecule has 0 heterocycles. The summed E-state index contributed by atoms with van der Waals surface area (Å²) in [5.74, 6) is 1.90. The van der Waals surface area contributed by atoms with Gasteiger partial charge in [0.05, 0.1) is 0 Å². The minimum Gasteiger partial charge on any atom is -0.206 e. The molecule has 0 saturated heterocycles. The number of benzene rings is 1. The maximum atomic E-state index is 12.2. The van der Waals surface area contributed by atoms with E-state index in [-0.39, 0.29) is 0 Å². The van der Waals surface area contributed by atoms with Crippen LogP contribution in [-0.2, 0) is 0 Å². The van der Waals surface area contributed by atoms with Crippen molar-refractivity contribution < 1.29 is 4.39 Å². The highest BCUT2D eigenvalue weighted by Gasteiger charge is 1.88. The summed E-state index contributed by atoms with van der Waals surface area (Å²) in [6.45, 7) is 0. The van der Waals surface area contributed by atoms with Crippen molar-refractivity contribution >= 4 is 0 Å². The van der Waals surface area contributed by atoms with Gasteiger partial charge in [-0.15, -0.1) is 6.42 Å². The molecule has 0 N–H and O–H groups in total. The molecular formula is C8H4F. The number of halogens is 1. The van der Waals surface area contributed by atoms with Crippen molar-refractivity contribution in [3.05, 3.63) is 35.6 Å². The third-order valence-electron chi connectivity index (χ3n) is 0.933. The summed E-state index contributed by atoms with van der Waals surface area (Å²) in [5.41, 5.74) is 0.547. The highest BCUT2D eigenvalue weighted by Crippen LogP contribution is 1.99. The number of hydrogen-bond donors (Lipinski definition) is 0. The Hall–Kier alpha value is -1.29. The quantitative estimate of drug-likeness (QED) is 0.455. The van der Waals surface area contributed by atoms with E-state index < -0.39 is 5.82 Å². The van der Waals surface area contributed by atoms with Crippen LogP contribution in [0.15, 0.2) is 18.2 Å². The monoisotopic (exact) mass is 119 g/mol.